The molecule has 1 heterocycles. The number of para-hydroxylation sites is 1. The SMILES string of the molecule is Clc1c(Br)cnc2c(Cl)cccc12. The predicted octanol–water partition coefficient (Wildman–Crippen LogP) is 4.30. The standard InChI is InChI=1S/C9H4BrCl2N/c10-6-4-13-9-5(8(6)12)2-1-3-7(9)11/h1-4H. The summed E-state index contributed by atoms with van der Waals surface area (Å²) in [6.45, 7) is 0. The van der Waals surface area contributed by atoms with Crippen LogP contribution in [-0.2, 0) is 0 Å². The lowest BCUT2D eigenvalue weighted by Gasteiger charge is -2.02. The first-order valence-corrected chi connectivity index (χ1v) is 5.13. The lowest BCUT2D eigenvalue weighted by molar-refractivity contribution is 1.39. The van der Waals surface area contributed by atoms with E-state index in [1.807, 2.05) is 12.1 Å². The zero-order chi connectivity index (χ0) is 9.42. The molecule has 0 saturated heterocycles. The van der Waals surface area contributed by atoms with Gasteiger partial charge in [-0.1, -0.05) is 35.3 Å². The molecule has 0 unspecified atom stereocenters. The monoisotopic (exact) mass is 275 g/mol. The first-order chi connectivity index (χ1) is 6.20. The van der Waals surface area contributed by atoms with Gasteiger partial charge >= 0.3 is 0 Å². The maximum atomic E-state index is 6.05. The second-order valence-electron chi connectivity index (χ2n) is 2.56. The Kier molecular flexibility index (Phi) is 2.45. The van der Waals surface area contributed by atoms with Gasteiger partial charge in [0.05, 0.1) is 20.0 Å². The Bertz CT molecular complexity index is 470. The highest BCUT2D eigenvalue weighted by atomic mass is 79.9. The second kappa shape index (κ2) is 3.45. The summed E-state index contributed by atoms with van der Waals surface area (Å²) in [5, 5.41) is 2.13. The highest BCUT2D eigenvalue weighted by Crippen LogP contribution is 2.32. The summed E-state index contributed by atoms with van der Waals surface area (Å²) < 4.78 is 0.781. The number of aromatic nitrogens is 1. The average Bonchev–Trinajstić information content (AvgIpc) is 2.12. The summed E-state index contributed by atoms with van der Waals surface area (Å²) in [5.41, 5.74) is 0.734. The number of fused-ring (bicyclic) bond motifs is 1. The van der Waals surface area contributed by atoms with E-state index in [2.05, 4.69) is 20.9 Å². The van der Waals surface area contributed by atoms with Crippen LogP contribution in [0.2, 0.25) is 10.0 Å². The van der Waals surface area contributed by atoms with Crippen LogP contribution in [0.15, 0.2) is 28.9 Å². The highest BCUT2D eigenvalue weighted by molar-refractivity contribution is 9.10. The summed E-state index contributed by atoms with van der Waals surface area (Å²) >= 11 is 15.3. The molecule has 0 fully saturated rings. The van der Waals surface area contributed by atoms with Crippen LogP contribution in [-0.4, -0.2) is 4.98 Å². The molecule has 1 aromatic heterocycles. The fourth-order valence-electron chi connectivity index (χ4n) is 1.13. The number of hydrogen-bond acceptors (Lipinski definition) is 1. The molecule has 0 aliphatic rings. The summed E-state index contributed by atoms with van der Waals surface area (Å²) in [4.78, 5) is 4.18. The first kappa shape index (κ1) is 9.25. The molecule has 13 heavy (non-hydrogen) atoms. The number of pyridine rings is 1. The van der Waals surface area contributed by atoms with E-state index in [9.17, 15) is 0 Å². The van der Waals surface area contributed by atoms with Crippen LogP contribution in [0.3, 0.4) is 0 Å². The van der Waals surface area contributed by atoms with Gasteiger partial charge in [0, 0.05) is 11.6 Å². The quantitative estimate of drug-likeness (QED) is 0.699. The molecule has 1 nitrogen and oxygen atoms in total. The Morgan fingerprint density at radius 1 is 1.23 bits per heavy atom. The summed E-state index contributed by atoms with van der Waals surface area (Å²) in [5.74, 6) is 0. The van der Waals surface area contributed by atoms with Crippen LogP contribution in [0.1, 0.15) is 0 Å². The average molecular weight is 277 g/mol. The van der Waals surface area contributed by atoms with Crippen LogP contribution in [0.5, 0.6) is 0 Å². The van der Waals surface area contributed by atoms with Crippen molar-refractivity contribution in [2.24, 2.45) is 0 Å². The fraction of sp³-hybridized carbons (Fsp3) is 0. The van der Waals surface area contributed by atoms with Gasteiger partial charge in [-0.05, 0) is 22.0 Å². The largest absolute Gasteiger partial charge is 0.253 e. The van der Waals surface area contributed by atoms with Gasteiger partial charge in [0.15, 0.2) is 0 Å². The van der Waals surface area contributed by atoms with E-state index in [4.69, 9.17) is 23.2 Å². The normalized spacial score (nSPS) is 10.7. The van der Waals surface area contributed by atoms with Crippen molar-refractivity contribution >= 4 is 50.0 Å². The van der Waals surface area contributed by atoms with Gasteiger partial charge in [-0.2, -0.15) is 0 Å². The molecule has 2 rings (SSSR count). The smallest absolute Gasteiger partial charge is 0.0903 e. The zero-order valence-corrected chi connectivity index (χ0v) is 9.49. The van der Waals surface area contributed by atoms with Gasteiger partial charge in [-0.25, -0.2) is 0 Å². The fourth-order valence-corrected chi connectivity index (χ4v) is 1.87. The van der Waals surface area contributed by atoms with Crippen molar-refractivity contribution in [2.75, 3.05) is 0 Å². The topological polar surface area (TPSA) is 12.9 Å². The van der Waals surface area contributed by atoms with Crippen molar-refractivity contribution in [3.63, 3.8) is 0 Å². The van der Waals surface area contributed by atoms with E-state index in [0.717, 1.165) is 15.4 Å². The van der Waals surface area contributed by atoms with Crippen molar-refractivity contribution < 1.29 is 0 Å². The van der Waals surface area contributed by atoms with Crippen molar-refractivity contribution in [3.05, 3.63) is 38.9 Å². The minimum Gasteiger partial charge on any atom is -0.253 e. The molecule has 66 valence electrons. The van der Waals surface area contributed by atoms with Crippen molar-refractivity contribution in [2.45, 2.75) is 0 Å². The molecular weight excluding hydrogens is 273 g/mol. The number of nitrogens with zero attached hydrogens (tertiary/aromatic N) is 1. The van der Waals surface area contributed by atoms with Crippen LogP contribution in [0.25, 0.3) is 10.9 Å². The van der Waals surface area contributed by atoms with Crippen molar-refractivity contribution in [1.29, 1.82) is 0 Å². The van der Waals surface area contributed by atoms with E-state index in [1.165, 1.54) is 0 Å². The maximum Gasteiger partial charge on any atom is 0.0903 e. The molecule has 0 radical (unpaired) electrons. The number of hydrogen-bond donors (Lipinski definition) is 0. The Labute approximate surface area is 93.8 Å². The highest BCUT2D eigenvalue weighted by Gasteiger charge is 2.06. The summed E-state index contributed by atoms with van der Waals surface area (Å²) in [6.07, 6.45) is 1.65. The van der Waals surface area contributed by atoms with Gasteiger partial charge in [-0.15, -0.1) is 0 Å². The molecule has 0 bridgehead atoms. The van der Waals surface area contributed by atoms with Gasteiger partial charge in [0.2, 0.25) is 0 Å². The molecule has 2 aromatic rings. The van der Waals surface area contributed by atoms with E-state index in [0.29, 0.717) is 10.0 Å². The Morgan fingerprint density at radius 2 is 2.00 bits per heavy atom. The Morgan fingerprint density at radius 3 is 2.77 bits per heavy atom. The van der Waals surface area contributed by atoms with Crippen LogP contribution in [0.4, 0.5) is 0 Å². The molecule has 0 atom stereocenters. The summed E-state index contributed by atoms with van der Waals surface area (Å²) in [7, 11) is 0. The van der Waals surface area contributed by atoms with Crippen molar-refractivity contribution in [1.82, 2.24) is 4.98 Å². The number of halogens is 3. The van der Waals surface area contributed by atoms with E-state index in [1.54, 1.807) is 12.3 Å². The lowest BCUT2D eigenvalue weighted by Crippen LogP contribution is -1.81. The third-order valence-corrected chi connectivity index (χ3v) is 3.28. The van der Waals surface area contributed by atoms with Gasteiger partial charge < -0.3 is 0 Å². The first-order valence-electron chi connectivity index (χ1n) is 3.58. The zero-order valence-electron chi connectivity index (χ0n) is 6.39. The van der Waals surface area contributed by atoms with E-state index in [-0.39, 0.29) is 0 Å². The van der Waals surface area contributed by atoms with Gasteiger partial charge in [0.1, 0.15) is 0 Å². The minimum atomic E-state index is 0.618. The van der Waals surface area contributed by atoms with Crippen molar-refractivity contribution in [3.8, 4) is 0 Å². The number of benzene rings is 1. The predicted molar refractivity (Wildman–Crippen MR) is 59.5 cm³/mol. The van der Waals surface area contributed by atoms with E-state index < -0.39 is 0 Å². The second-order valence-corrected chi connectivity index (χ2v) is 4.20. The molecule has 0 amide bonds. The molecule has 0 N–H and O–H groups in total. The summed E-state index contributed by atoms with van der Waals surface area (Å²) in [6, 6.07) is 5.53. The van der Waals surface area contributed by atoms with Crippen LogP contribution >= 0.6 is 39.1 Å². The van der Waals surface area contributed by atoms with Crippen LogP contribution < -0.4 is 0 Å². The molecule has 0 spiro atoms. The molecular formula is C9H4BrCl2N. The van der Waals surface area contributed by atoms with Gasteiger partial charge in [-0.3, -0.25) is 4.98 Å². The van der Waals surface area contributed by atoms with Gasteiger partial charge in [0.25, 0.3) is 0 Å². The lowest BCUT2D eigenvalue weighted by atomic mass is 10.2. The molecule has 0 aliphatic heterocycles. The van der Waals surface area contributed by atoms with E-state index >= 15 is 0 Å². The molecule has 0 saturated carbocycles. The van der Waals surface area contributed by atoms with Crippen LogP contribution in [0, 0.1) is 0 Å². The third-order valence-electron chi connectivity index (χ3n) is 1.74. The maximum absolute atomic E-state index is 6.05. The third kappa shape index (κ3) is 1.54. The molecule has 4 heteroatoms. The minimum absolute atomic E-state index is 0.618. The molecule has 0 aliphatic carbocycles. The number of rotatable bonds is 0. The Hall–Kier alpha value is -0.310. The molecule has 1 aromatic carbocycles. The Balaban J connectivity index is 2.94.